The summed E-state index contributed by atoms with van der Waals surface area (Å²) in [4.78, 5) is 11.5. The molecule has 4 nitrogen and oxygen atoms in total. The van der Waals surface area contributed by atoms with Crippen LogP contribution in [0.2, 0.25) is 0 Å². The first-order valence-electron chi connectivity index (χ1n) is 5.68. The van der Waals surface area contributed by atoms with Gasteiger partial charge in [-0.15, -0.1) is 0 Å². The normalized spacial score (nSPS) is 10.5. The SMILES string of the molecule is COCCNCCNC(=O)c1cc(F)c(F)c(F)c1. The van der Waals surface area contributed by atoms with Crippen LogP contribution < -0.4 is 10.6 Å². The van der Waals surface area contributed by atoms with Gasteiger partial charge in [-0.05, 0) is 12.1 Å². The van der Waals surface area contributed by atoms with Gasteiger partial charge in [0.1, 0.15) is 0 Å². The lowest BCUT2D eigenvalue weighted by molar-refractivity contribution is 0.0952. The van der Waals surface area contributed by atoms with Crippen molar-refractivity contribution in [1.82, 2.24) is 10.6 Å². The topological polar surface area (TPSA) is 50.4 Å². The van der Waals surface area contributed by atoms with Crippen molar-refractivity contribution in [2.45, 2.75) is 0 Å². The average molecular weight is 276 g/mol. The fourth-order valence-corrected chi connectivity index (χ4v) is 1.35. The minimum atomic E-state index is -1.59. The van der Waals surface area contributed by atoms with Gasteiger partial charge in [-0.2, -0.15) is 0 Å². The summed E-state index contributed by atoms with van der Waals surface area (Å²) in [5.74, 6) is -5.02. The second kappa shape index (κ2) is 7.75. The molecule has 19 heavy (non-hydrogen) atoms. The molecule has 0 saturated heterocycles. The first-order chi connectivity index (χ1) is 9.06. The Morgan fingerprint density at radius 2 is 1.79 bits per heavy atom. The summed E-state index contributed by atoms with van der Waals surface area (Å²) in [5.41, 5.74) is -0.256. The van der Waals surface area contributed by atoms with Crippen molar-refractivity contribution in [1.29, 1.82) is 0 Å². The van der Waals surface area contributed by atoms with Crippen molar-refractivity contribution in [3.8, 4) is 0 Å². The first-order valence-corrected chi connectivity index (χ1v) is 5.68. The van der Waals surface area contributed by atoms with Gasteiger partial charge < -0.3 is 15.4 Å². The summed E-state index contributed by atoms with van der Waals surface area (Å²) in [5, 5.41) is 5.43. The number of ether oxygens (including phenoxy) is 1. The molecule has 2 N–H and O–H groups in total. The zero-order chi connectivity index (χ0) is 14.3. The number of methoxy groups -OCH3 is 1. The van der Waals surface area contributed by atoms with Gasteiger partial charge >= 0.3 is 0 Å². The van der Waals surface area contributed by atoms with E-state index in [4.69, 9.17) is 4.74 Å². The van der Waals surface area contributed by atoms with E-state index < -0.39 is 23.4 Å². The molecule has 0 aliphatic carbocycles. The standard InChI is InChI=1S/C12H15F3N2O2/c1-19-5-4-16-2-3-17-12(18)8-6-9(13)11(15)10(14)7-8/h6-7,16H,2-5H2,1H3,(H,17,18). The number of hydrogen-bond donors (Lipinski definition) is 2. The van der Waals surface area contributed by atoms with Crippen molar-refractivity contribution >= 4 is 5.91 Å². The lowest BCUT2D eigenvalue weighted by Gasteiger charge is -2.07. The van der Waals surface area contributed by atoms with Crippen LogP contribution >= 0.6 is 0 Å². The van der Waals surface area contributed by atoms with Crippen molar-refractivity contribution in [3.05, 3.63) is 35.1 Å². The first kappa shape index (κ1) is 15.5. The van der Waals surface area contributed by atoms with E-state index in [1.54, 1.807) is 7.11 Å². The van der Waals surface area contributed by atoms with Gasteiger partial charge in [0.15, 0.2) is 17.5 Å². The van der Waals surface area contributed by atoms with E-state index >= 15 is 0 Å². The van der Waals surface area contributed by atoms with Gasteiger partial charge in [-0.1, -0.05) is 0 Å². The van der Waals surface area contributed by atoms with E-state index in [2.05, 4.69) is 10.6 Å². The molecule has 1 amide bonds. The van der Waals surface area contributed by atoms with E-state index in [1.807, 2.05) is 0 Å². The highest BCUT2D eigenvalue weighted by molar-refractivity contribution is 5.94. The van der Waals surface area contributed by atoms with Gasteiger partial charge in [-0.25, -0.2) is 13.2 Å². The fourth-order valence-electron chi connectivity index (χ4n) is 1.35. The molecule has 0 aromatic heterocycles. The van der Waals surface area contributed by atoms with Crippen LogP contribution in [0, 0.1) is 17.5 Å². The molecule has 0 radical (unpaired) electrons. The highest BCUT2D eigenvalue weighted by Crippen LogP contribution is 2.13. The molecule has 0 bridgehead atoms. The van der Waals surface area contributed by atoms with E-state index in [0.717, 1.165) is 0 Å². The number of rotatable bonds is 7. The average Bonchev–Trinajstić information content (AvgIpc) is 2.39. The molecular formula is C12H15F3N2O2. The molecule has 1 aromatic rings. The van der Waals surface area contributed by atoms with Crippen LogP contribution in [0.15, 0.2) is 12.1 Å². The summed E-state index contributed by atoms with van der Waals surface area (Å²) < 4.78 is 43.3. The Bertz CT molecular complexity index is 418. The Morgan fingerprint density at radius 3 is 2.37 bits per heavy atom. The predicted octanol–water partition coefficient (Wildman–Crippen LogP) is 1.07. The second-order valence-electron chi connectivity index (χ2n) is 3.75. The monoisotopic (exact) mass is 276 g/mol. The van der Waals surface area contributed by atoms with Crippen LogP contribution in [-0.2, 0) is 4.74 Å². The number of halogens is 3. The molecule has 0 atom stereocenters. The number of amides is 1. The summed E-state index contributed by atoms with van der Waals surface area (Å²) in [6.07, 6.45) is 0. The third-order valence-electron chi connectivity index (χ3n) is 2.32. The maximum Gasteiger partial charge on any atom is 0.251 e. The maximum absolute atomic E-state index is 12.9. The zero-order valence-corrected chi connectivity index (χ0v) is 10.4. The van der Waals surface area contributed by atoms with Crippen molar-refractivity contribution in [3.63, 3.8) is 0 Å². The molecule has 106 valence electrons. The molecule has 7 heteroatoms. The zero-order valence-electron chi connectivity index (χ0n) is 10.4. The van der Waals surface area contributed by atoms with E-state index in [1.165, 1.54) is 0 Å². The van der Waals surface area contributed by atoms with Gasteiger partial charge in [0.05, 0.1) is 6.61 Å². The summed E-state index contributed by atoms with van der Waals surface area (Å²) in [7, 11) is 1.57. The van der Waals surface area contributed by atoms with Gasteiger partial charge in [-0.3, -0.25) is 4.79 Å². The van der Waals surface area contributed by atoms with Crippen LogP contribution in [0.25, 0.3) is 0 Å². The predicted molar refractivity (Wildman–Crippen MR) is 63.4 cm³/mol. The second-order valence-corrected chi connectivity index (χ2v) is 3.75. The quantitative estimate of drug-likeness (QED) is 0.578. The van der Waals surface area contributed by atoms with E-state index in [-0.39, 0.29) is 12.1 Å². The minimum absolute atomic E-state index is 0.256. The highest BCUT2D eigenvalue weighted by Gasteiger charge is 2.14. The maximum atomic E-state index is 12.9. The van der Waals surface area contributed by atoms with Crippen molar-refractivity contribution in [2.75, 3.05) is 33.4 Å². The molecule has 0 saturated carbocycles. The summed E-state index contributed by atoms with van der Waals surface area (Å²) >= 11 is 0. The van der Waals surface area contributed by atoms with Crippen molar-refractivity contribution in [2.24, 2.45) is 0 Å². The fraction of sp³-hybridized carbons (Fsp3) is 0.417. The largest absolute Gasteiger partial charge is 0.383 e. The lowest BCUT2D eigenvalue weighted by atomic mass is 10.2. The Kier molecular flexibility index (Phi) is 6.31. The van der Waals surface area contributed by atoms with Crippen LogP contribution in [0.5, 0.6) is 0 Å². The minimum Gasteiger partial charge on any atom is -0.383 e. The Labute approximate surface area is 108 Å². The van der Waals surface area contributed by atoms with E-state index in [9.17, 15) is 18.0 Å². The molecule has 0 aliphatic rings. The third-order valence-corrected chi connectivity index (χ3v) is 2.32. The Hall–Kier alpha value is -1.60. The molecule has 0 aliphatic heterocycles. The van der Waals surface area contributed by atoms with Crippen LogP contribution in [0.4, 0.5) is 13.2 Å². The number of carbonyl (C=O) groups excluding carboxylic acids is 1. The molecular weight excluding hydrogens is 261 g/mol. The molecule has 0 unspecified atom stereocenters. The molecule has 0 fully saturated rings. The summed E-state index contributed by atoms with van der Waals surface area (Å²) in [6, 6.07) is 1.32. The molecule has 1 aromatic carbocycles. The Morgan fingerprint density at radius 1 is 1.16 bits per heavy atom. The number of carbonyl (C=O) groups is 1. The Balaban J connectivity index is 2.42. The molecule has 1 rings (SSSR count). The third kappa shape index (κ3) is 4.88. The van der Waals surface area contributed by atoms with Gasteiger partial charge in [0.2, 0.25) is 0 Å². The lowest BCUT2D eigenvalue weighted by Crippen LogP contribution is -2.33. The van der Waals surface area contributed by atoms with Crippen LogP contribution in [-0.4, -0.2) is 39.3 Å². The molecule has 0 heterocycles. The van der Waals surface area contributed by atoms with E-state index in [0.29, 0.717) is 31.8 Å². The highest BCUT2D eigenvalue weighted by atomic mass is 19.2. The number of benzene rings is 1. The van der Waals surface area contributed by atoms with Crippen molar-refractivity contribution < 1.29 is 22.7 Å². The summed E-state index contributed by atoms with van der Waals surface area (Å²) in [6.45, 7) is 1.94. The number of hydrogen-bond acceptors (Lipinski definition) is 3. The van der Waals surface area contributed by atoms with Crippen LogP contribution in [0.3, 0.4) is 0 Å². The molecule has 0 spiro atoms. The van der Waals surface area contributed by atoms with Gasteiger partial charge in [0, 0.05) is 32.3 Å². The smallest absolute Gasteiger partial charge is 0.251 e. The van der Waals surface area contributed by atoms with Gasteiger partial charge in [0.25, 0.3) is 5.91 Å². The number of nitrogens with one attached hydrogen (secondary N) is 2. The van der Waals surface area contributed by atoms with Crippen LogP contribution in [0.1, 0.15) is 10.4 Å².